The van der Waals surface area contributed by atoms with Gasteiger partial charge in [0.15, 0.2) is 0 Å². The van der Waals surface area contributed by atoms with Crippen molar-refractivity contribution in [1.82, 2.24) is 19.8 Å². The van der Waals surface area contributed by atoms with E-state index in [2.05, 4.69) is 20.4 Å². The maximum absolute atomic E-state index is 12.1. The predicted octanol–water partition coefficient (Wildman–Crippen LogP) is 4.20. The van der Waals surface area contributed by atoms with Crippen molar-refractivity contribution in [3.8, 4) is 0 Å². The number of likely N-dealkylation sites (tertiary alicyclic amines) is 1. The fourth-order valence-electron chi connectivity index (χ4n) is 5.53. The maximum atomic E-state index is 12.1. The minimum Gasteiger partial charge on any atom is -0.465 e. The van der Waals surface area contributed by atoms with Crippen molar-refractivity contribution in [1.29, 1.82) is 0 Å². The summed E-state index contributed by atoms with van der Waals surface area (Å²) in [6, 6.07) is 9.15. The molecular formula is C32H43ClN6O9. The highest BCUT2D eigenvalue weighted by Crippen LogP contribution is 2.27. The Labute approximate surface area is 283 Å². The van der Waals surface area contributed by atoms with Crippen molar-refractivity contribution in [2.24, 2.45) is 11.8 Å². The normalized spacial score (nSPS) is 17.1. The van der Waals surface area contributed by atoms with Gasteiger partial charge in [0.25, 0.3) is 5.69 Å². The van der Waals surface area contributed by atoms with Gasteiger partial charge in [0.2, 0.25) is 0 Å². The lowest BCUT2D eigenvalue weighted by Gasteiger charge is -2.24. The van der Waals surface area contributed by atoms with Crippen LogP contribution in [-0.4, -0.2) is 90.0 Å². The number of fused-ring (bicyclic) bond motifs is 1. The summed E-state index contributed by atoms with van der Waals surface area (Å²) in [5.74, 6) is -0.382. The molecule has 1 amide bonds. The average Bonchev–Trinajstić information content (AvgIpc) is 3.80. The Kier molecular flexibility index (Phi) is 13.0. The first kappa shape index (κ1) is 37.8. The van der Waals surface area contributed by atoms with Gasteiger partial charge in [-0.1, -0.05) is 0 Å². The summed E-state index contributed by atoms with van der Waals surface area (Å²) >= 11 is 0. The number of esters is 2. The van der Waals surface area contributed by atoms with E-state index in [1.807, 2.05) is 20.8 Å². The second kappa shape index (κ2) is 16.5. The number of nitrogens with zero attached hydrogens (tertiary/aromatic N) is 3. The molecule has 3 aromatic rings. The number of halogens is 1. The zero-order valence-corrected chi connectivity index (χ0v) is 28.5. The molecule has 2 fully saturated rings. The summed E-state index contributed by atoms with van der Waals surface area (Å²) in [7, 11) is 2.60. The number of hydrogen-bond donors (Lipinski definition) is 3. The van der Waals surface area contributed by atoms with Gasteiger partial charge in [-0.2, -0.15) is 0 Å². The molecule has 1 aromatic heterocycles. The number of hydrogen-bond acceptors (Lipinski definition) is 11. The summed E-state index contributed by atoms with van der Waals surface area (Å²) in [6.45, 7) is 9.54. The van der Waals surface area contributed by atoms with E-state index in [0.29, 0.717) is 37.7 Å². The fraction of sp³-hybridized carbons (Fsp3) is 0.500. The number of rotatable bonds is 8. The van der Waals surface area contributed by atoms with Crippen LogP contribution in [0.4, 0.5) is 16.2 Å². The van der Waals surface area contributed by atoms with Crippen LogP contribution in [0.15, 0.2) is 41.2 Å². The Morgan fingerprint density at radius 1 is 1.02 bits per heavy atom. The minimum absolute atomic E-state index is 0. The summed E-state index contributed by atoms with van der Waals surface area (Å²) in [5.41, 5.74) is 1.63. The van der Waals surface area contributed by atoms with Crippen LogP contribution in [0.5, 0.6) is 0 Å². The zero-order chi connectivity index (χ0) is 34.3. The van der Waals surface area contributed by atoms with E-state index in [-0.39, 0.29) is 47.0 Å². The Hall–Kier alpha value is -4.63. The molecule has 2 aliphatic heterocycles. The van der Waals surface area contributed by atoms with Crippen LogP contribution in [0.25, 0.3) is 11.0 Å². The van der Waals surface area contributed by atoms with Crippen molar-refractivity contribution >= 4 is 52.8 Å². The fourth-order valence-corrected chi connectivity index (χ4v) is 5.53. The molecule has 15 nitrogen and oxygen atoms in total. The van der Waals surface area contributed by atoms with Gasteiger partial charge < -0.3 is 34.7 Å². The summed E-state index contributed by atoms with van der Waals surface area (Å²) in [6.07, 6.45) is 1.47. The molecule has 0 spiro atoms. The number of H-pyrrole nitrogens is 1. The Bertz CT molecular complexity index is 1680. The minimum atomic E-state index is -0.565. The molecular weight excluding hydrogens is 648 g/mol. The molecule has 5 rings (SSSR count). The molecule has 2 atom stereocenters. The number of amides is 1. The van der Waals surface area contributed by atoms with Gasteiger partial charge in [-0.3, -0.25) is 14.7 Å². The number of methoxy groups -OCH3 is 2. The average molecular weight is 691 g/mol. The van der Waals surface area contributed by atoms with E-state index >= 15 is 0 Å². The lowest BCUT2D eigenvalue weighted by molar-refractivity contribution is -0.384. The van der Waals surface area contributed by atoms with Gasteiger partial charge in [0.05, 0.1) is 41.3 Å². The highest BCUT2D eigenvalue weighted by atomic mass is 35.5. The summed E-state index contributed by atoms with van der Waals surface area (Å²) in [4.78, 5) is 62.6. The van der Waals surface area contributed by atoms with Gasteiger partial charge in [-0.05, 0) is 88.9 Å². The number of carbonyl (C=O) groups is 3. The van der Waals surface area contributed by atoms with Crippen LogP contribution in [0, 0.1) is 22.0 Å². The molecule has 2 aliphatic rings. The number of nitrogens with one attached hydrogen (secondary N) is 3. The number of aromatic nitrogens is 2. The van der Waals surface area contributed by atoms with Crippen molar-refractivity contribution in [2.75, 3.05) is 52.3 Å². The Morgan fingerprint density at radius 2 is 1.69 bits per heavy atom. The van der Waals surface area contributed by atoms with Crippen molar-refractivity contribution in [3.63, 3.8) is 0 Å². The monoisotopic (exact) mass is 690 g/mol. The topological polar surface area (TPSA) is 187 Å². The van der Waals surface area contributed by atoms with Gasteiger partial charge in [-0.15, -0.1) is 12.4 Å². The smallest absolute Gasteiger partial charge is 0.410 e. The number of anilines is 1. The molecule has 2 aromatic carbocycles. The number of carbonyl (C=O) groups excluding carboxylic acids is 3. The zero-order valence-electron chi connectivity index (χ0n) is 27.7. The lowest BCUT2D eigenvalue weighted by Crippen LogP contribution is -2.35. The van der Waals surface area contributed by atoms with Gasteiger partial charge >= 0.3 is 23.7 Å². The van der Waals surface area contributed by atoms with E-state index in [1.54, 1.807) is 27.7 Å². The third kappa shape index (κ3) is 9.70. The third-order valence-electron chi connectivity index (χ3n) is 7.93. The third-order valence-corrected chi connectivity index (χ3v) is 7.93. The first-order chi connectivity index (χ1) is 22.3. The van der Waals surface area contributed by atoms with Crippen LogP contribution < -0.4 is 16.3 Å². The molecule has 0 radical (unpaired) electrons. The predicted molar refractivity (Wildman–Crippen MR) is 181 cm³/mol. The van der Waals surface area contributed by atoms with Crippen LogP contribution in [0.1, 0.15) is 54.3 Å². The molecule has 48 heavy (non-hydrogen) atoms. The van der Waals surface area contributed by atoms with E-state index < -0.39 is 22.5 Å². The molecule has 262 valence electrons. The van der Waals surface area contributed by atoms with E-state index in [1.165, 1.54) is 32.4 Å². The molecule has 0 bridgehead atoms. The maximum Gasteiger partial charge on any atom is 0.410 e. The summed E-state index contributed by atoms with van der Waals surface area (Å²) in [5, 5.41) is 17.5. The first-order valence-corrected chi connectivity index (χ1v) is 15.4. The first-order valence-electron chi connectivity index (χ1n) is 15.4. The Morgan fingerprint density at radius 3 is 2.29 bits per heavy atom. The number of nitro groups is 1. The van der Waals surface area contributed by atoms with Crippen LogP contribution in [-0.2, 0) is 20.8 Å². The second-order valence-electron chi connectivity index (χ2n) is 12.6. The van der Waals surface area contributed by atoms with E-state index in [0.717, 1.165) is 37.0 Å². The molecule has 3 heterocycles. The number of nitro benzene ring substituents is 1. The second-order valence-corrected chi connectivity index (χ2v) is 12.6. The Balaban J connectivity index is 0.000000265. The van der Waals surface area contributed by atoms with Crippen LogP contribution >= 0.6 is 12.4 Å². The van der Waals surface area contributed by atoms with Crippen LogP contribution in [0.3, 0.4) is 0 Å². The molecule has 16 heteroatoms. The van der Waals surface area contributed by atoms with Crippen molar-refractivity contribution in [2.45, 2.75) is 45.8 Å². The summed E-state index contributed by atoms with van der Waals surface area (Å²) < 4.78 is 16.4. The van der Waals surface area contributed by atoms with Crippen LogP contribution in [0.2, 0.25) is 0 Å². The SMILES string of the molecule is COC(=O)c1ccc([N+](=O)[O-])c(NCC2CCN(C(=O)OC(C)(C)C)C2)c1.COC(=O)c1ccc2[nH]c(=O)n(CC3CCNC3)c2c1.Cl. The highest BCUT2D eigenvalue weighted by molar-refractivity contribution is 5.93. The van der Waals surface area contributed by atoms with E-state index in [4.69, 9.17) is 9.47 Å². The number of imidazole rings is 1. The van der Waals surface area contributed by atoms with Crippen molar-refractivity contribution < 1.29 is 33.5 Å². The molecule has 3 N–H and O–H groups in total. The van der Waals surface area contributed by atoms with E-state index in [9.17, 15) is 29.3 Å². The highest BCUT2D eigenvalue weighted by Gasteiger charge is 2.30. The molecule has 0 aliphatic carbocycles. The van der Waals surface area contributed by atoms with Gasteiger partial charge in [0.1, 0.15) is 11.3 Å². The lowest BCUT2D eigenvalue weighted by atomic mass is 10.1. The largest absolute Gasteiger partial charge is 0.465 e. The van der Waals surface area contributed by atoms with Gasteiger partial charge in [-0.25, -0.2) is 19.2 Å². The number of ether oxygens (including phenoxy) is 3. The number of benzene rings is 2. The molecule has 0 saturated carbocycles. The molecule has 2 saturated heterocycles. The van der Waals surface area contributed by atoms with Gasteiger partial charge in [0, 0.05) is 32.2 Å². The van der Waals surface area contributed by atoms with Crippen molar-refractivity contribution in [3.05, 3.63) is 68.1 Å². The molecule has 2 unspecified atom stereocenters. The number of aromatic amines is 1. The quantitative estimate of drug-likeness (QED) is 0.133. The standard InChI is InChI=1S/C18H25N3O6.C14H17N3O3.ClH/c1-18(2,3)27-17(23)20-8-7-12(11-20)10-19-14-9-13(16(22)26-4)5-6-15(14)21(24)25;1-20-13(18)10-2-3-11-12(6-10)17(14(19)16-11)8-9-4-5-15-7-9;/h5-6,9,12,19H,7-8,10-11H2,1-4H3;2-3,6,9,15H,4-5,7-8H2,1H3,(H,16,19);1H.